The summed E-state index contributed by atoms with van der Waals surface area (Å²) in [5.74, 6) is -1.06. The van der Waals surface area contributed by atoms with Crippen LogP contribution in [0.5, 0.6) is 0 Å². The van der Waals surface area contributed by atoms with Gasteiger partial charge in [-0.15, -0.1) is 0 Å². The molecule has 2 atom stereocenters. The molecular formula is C16H25F2NO. The normalized spacial score (nSPS) is 15.2. The van der Waals surface area contributed by atoms with E-state index in [0.29, 0.717) is 18.6 Å². The van der Waals surface area contributed by atoms with Gasteiger partial charge in [0.1, 0.15) is 11.6 Å². The Morgan fingerprint density at radius 2 is 1.90 bits per heavy atom. The lowest BCUT2D eigenvalue weighted by molar-refractivity contribution is -0.0341. The molecule has 0 bridgehead atoms. The molecule has 0 aliphatic rings. The summed E-state index contributed by atoms with van der Waals surface area (Å²) < 4.78 is 32.6. The molecule has 0 fully saturated rings. The summed E-state index contributed by atoms with van der Waals surface area (Å²) in [7, 11) is 1.84. The van der Waals surface area contributed by atoms with Crippen molar-refractivity contribution in [2.75, 3.05) is 13.7 Å². The number of halogens is 2. The van der Waals surface area contributed by atoms with Crippen LogP contribution in [-0.4, -0.2) is 25.8 Å². The van der Waals surface area contributed by atoms with E-state index in [4.69, 9.17) is 4.74 Å². The first kappa shape index (κ1) is 17.1. The second-order valence-corrected chi connectivity index (χ2v) is 6.08. The van der Waals surface area contributed by atoms with Gasteiger partial charge in [0, 0.05) is 18.7 Å². The molecule has 0 aliphatic heterocycles. The zero-order chi connectivity index (χ0) is 15.3. The Morgan fingerprint density at radius 3 is 2.35 bits per heavy atom. The fraction of sp³-hybridized carbons (Fsp3) is 0.625. The minimum Gasteiger partial charge on any atom is -0.376 e. The van der Waals surface area contributed by atoms with Crippen molar-refractivity contribution in [2.24, 2.45) is 5.41 Å². The number of nitrogens with one attached hydrogen (secondary N) is 1. The van der Waals surface area contributed by atoms with Gasteiger partial charge >= 0.3 is 0 Å². The maximum absolute atomic E-state index is 13.8. The van der Waals surface area contributed by atoms with Crippen LogP contribution in [0.25, 0.3) is 0 Å². The van der Waals surface area contributed by atoms with Gasteiger partial charge in [-0.25, -0.2) is 8.78 Å². The Morgan fingerprint density at radius 1 is 1.25 bits per heavy atom. The molecule has 0 heterocycles. The smallest absolute Gasteiger partial charge is 0.129 e. The maximum Gasteiger partial charge on any atom is 0.129 e. The van der Waals surface area contributed by atoms with Gasteiger partial charge in [-0.2, -0.15) is 0 Å². The maximum atomic E-state index is 13.8. The van der Waals surface area contributed by atoms with Crippen LogP contribution in [0.1, 0.15) is 33.3 Å². The Balaban J connectivity index is 2.94. The van der Waals surface area contributed by atoms with Crippen LogP contribution in [-0.2, 0) is 11.2 Å². The van der Waals surface area contributed by atoms with E-state index in [1.807, 2.05) is 14.0 Å². The van der Waals surface area contributed by atoms with Crippen LogP contribution >= 0.6 is 0 Å². The molecular weight excluding hydrogens is 260 g/mol. The van der Waals surface area contributed by atoms with Gasteiger partial charge in [-0.3, -0.25) is 0 Å². The first-order valence-corrected chi connectivity index (χ1v) is 7.02. The van der Waals surface area contributed by atoms with Gasteiger partial charge < -0.3 is 10.1 Å². The molecule has 0 radical (unpaired) electrons. The number of likely N-dealkylation sites (N-methyl/N-ethyl adjacent to an activating group) is 1. The average molecular weight is 285 g/mol. The van der Waals surface area contributed by atoms with E-state index in [2.05, 4.69) is 26.1 Å². The second-order valence-electron chi connectivity index (χ2n) is 6.08. The lowest BCUT2D eigenvalue weighted by Gasteiger charge is -2.36. The minimum atomic E-state index is -0.551. The molecule has 1 aromatic rings. The molecule has 0 spiro atoms. The Kier molecular flexibility index (Phi) is 6.08. The number of rotatable bonds is 6. The van der Waals surface area contributed by atoms with Crippen LogP contribution in [0.4, 0.5) is 8.78 Å². The molecule has 0 aromatic heterocycles. The summed E-state index contributed by atoms with van der Waals surface area (Å²) in [6.45, 7) is 8.84. The Bertz CT molecular complexity index is 429. The van der Waals surface area contributed by atoms with Crippen molar-refractivity contribution in [1.82, 2.24) is 5.32 Å². The highest BCUT2D eigenvalue weighted by Crippen LogP contribution is 2.27. The highest BCUT2D eigenvalue weighted by atomic mass is 19.1. The molecule has 0 aliphatic carbocycles. The SMILES string of the molecule is CCOC(C(Cc1ccc(F)cc1F)NC)C(C)(C)C. The third kappa shape index (κ3) is 4.53. The fourth-order valence-corrected chi connectivity index (χ4v) is 2.43. The first-order valence-electron chi connectivity index (χ1n) is 7.02. The third-order valence-corrected chi connectivity index (χ3v) is 3.39. The minimum absolute atomic E-state index is 0.0325. The van der Waals surface area contributed by atoms with Gasteiger partial charge in [0.15, 0.2) is 0 Å². The summed E-state index contributed by atoms with van der Waals surface area (Å²) in [5, 5.41) is 3.20. The molecule has 1 rings (SSSR count). The van der Waals surface area contributed by atoms with Crippen molar-refractivity contribution in [3.05, 3.63) is 35.4 Å². The summed E-state index contributed by atoms with van der Waals surface area (Å²) >= 11 is 0. The van der Waals surface area contributed by atoms with Crippen LogP contribution in [0, 0.1) is 17.0 Å². The van der Waals surface area contributed by atoms with E-state index in [1.54, 1.807) is 0 Å². The molecule has 0 saturated heterocycles. The number of benzene rings is 1. The van der Waals surface area contributed by atoms with Gasteiger partial charge in [0.05, 0.1) is 6.10 Å². The van der Waals surface area contributed by atoms with Crippen molar-refractivity contribution < 1.29 is 13.5 Å². The summed E-state index contributed by atoms with van der Waals surface area (Å²) in [5.41, 5.74) is 0.430. The summed E-state index contributed by atoms with van der Waals surface area (Å²) in [6.07, 6.45) is 0.409. The zero-order valence-corrected chi connectivity index (χ0v) is 13.0. The third-order valence-electron chi connectivity index (χ3n) is 3.39. The summed E-state index contributed by atoms with van der Waals surface area (Å²) in [4.78, 5) is 0. The van der Waals surface area contributed by atoms with E-state index in [1.165, 1.54) is 12.1 Å². The molecule has 1 aromatic carbocycles. The van der Waals surface area contributed by atoms with Crippen LogP contribution in [0.3, 0.4) is 0 Å². The lowest BCUT2D eigenvalue weighted by Crippen LogP contribution is -2.48. The van der Waals surface area contributed by atoms with E-state index >= 15 is 0 Å². The van der Waals surface area contributed by atoms with Crippen LogP contribution in [0.2, 0.25) is 0 Å². The molecule has 20 heavy (non-hydrogen) atoms. The van der Waals surface area contributed by atoms with Gasteiger partial charge in [0.2, 0.25) is 0 Å². The Hall–Kier alpha value is -1.00. The van der Waals surface area contributed by atoms with Crippen molar-refractivity contribution in [3.8, 4) is 0 Å². The predicted octanol–water partition coefficient (Wildman–Crippen LogP) is 3.55. The number of hydrogen-bond donors (Lipinski definition) is 1. The van der Waals surface area contributed by atoms with E-state index in [9.17, 15) is 8.78 Å². The van der Waals surface area contributed by atoms with E-state index in [-0.39, 0.29) is 17.6 Å². The van der Waals surface area contributed by atoms with Crippen LogP contribution in [0.15, 0.2) is 18.2 Å². The number of hydrogen-bond acceptors (Lipinski definition) is 2. The molecule has 2 nitrogen and oxygen atoms in total. The van der Waals surface area contributed by atoms with E-state index < -0.39 is 11.6 Å². The molecule has 1 N–H and O–H groups in total. The molecule has 0 saturated carbocycles. The highest BCUT2D eigenvalue weighted by Gasteiger charge is 2.32. The van der Waals surface area contributed by atoms with Crippen molar-refractivity contribution in [2.45, 2.75) is 46.3 Å². The number of ether oxygens (including phenoxy) is 1. The molecule has 2 unspecified atom stereocenters. The fourth-order valence-electron chi connectivity index (χ4n) is 2.43. The van der Waals surface area contributed by atoms with Crippen molar-refractivity contribution >= 4 is 0 Å². The van der Waals surface area contributed by atoms with Crippen molar-refractivity contribution in [1.29, 1.82) is 0 Å². The average Bonchev–Trinajstić information content (AvgIpc) is 2.34. The monoisotopic (exact) mass is 285 g/mol. The predicted molar refractivity (Wildman–Crippen MR) is 77.8 cm³/mol. The summed E-state index contributed by atoms with van der Waals surface area (Å²) in [6, 6.07) is 3.68. The lowest BCUT2D eigenvalue weighted by atomic mass is 9.82. The highest BCUT2D eigenvalue weighted by molar-refractivity contribution is 5.20. The second kappa shape index (κ2) is 7.14. The van der Waals surface area contributed by atoms with Gasteiger partial charge in [0.25, 0.3) is 0 Å². The van der Waals surface area contributed by atoms with Crippen molar-refractivity contribution in [3.63, 3.8) is 0 Å². The van der Waals surface area contributed by atoms with Gasteiger partial charge in [-0.05, 0) is 37.4 Å². The van der Waals surface area contributed by atoms with Crippen LogP contribution < -0.4 is 5.32 Å². The standard InChI is InChI=1S/C16H25F2NO/c1-6-20-15(16(2,3)4)14(19-5)9-11-7-8-12(17)10-13(11)18/h7-8,10,14-15,19H,6,9H2,1-5H3. The quantitative estimate of drug-likeness (QED) is 0.863. The molecule has 114 valence electrons. The van der Waals surface area contributed by atoms with Gasteiger partial charge in [-0.1, -0.05) is 26.8 Å². The molecule has 0 amide bonds. The zero-order valence-electron chi connectivity index (χ0n) is 13.0. The Labute approximate surface area is 120 Å². The largest absolute Gasteiger partial charge is 0.376 e. The molecule has 4 heteroatoms. The first-order chi connectivity index (χ1) is 9.29. The van der Waals surface area contributed by atoms with E-state index in [0.717, 1.165) is 6.07 Å². The topological polar surface area (TPSA) is 21.3 Å².